The van der Waals surface area contributed by atoms with Gasteiger partial charge in [0.25, 0.3) is 5.56 Å². The molecule has 0 N–H and O–H groups in total. The van der Waals surface area contributed by atoms with Gasteiger partial charge in [-0.15, -0.1) is 11.3 Å². The second-order valence-electron chi connectivity index (χ2n) is 3.18. The number of thiophene rings is 1. The van der Waals surface area contributed by atoms with E-state index >= 15 is 0 Å². The van der Waals surface area contributed by atoms with Crippen molar-refractivity contribution in [3.8, 4) is 0 Å². The molecule has 2 rings (SSSR count). The topological polar surface area (TPSA) is 34.9 Å². The van der Waals surface area contributed by atoms with Crippen molar-refractivity contribution < 1.29 is 0 Å². The summed E-state index contributed by atoms with van der Waals surface area (Å²) in [7, 11) is 0. The highest BCUT2D eigenvalue weighted by molar-refractivity contribution is 9.10. The molecule has 5 heteroatoms. The third kappa shape index (κ3) is 2.35. The van der Waals surface area contributed by atoms with Crippen LogP contribution in [0.15, 0.2) is 33.1 Å². The van der Waals surface area contributed by atoms with Crippen LogP contribution < -0.4 is 5.56 Å². The molecule has 0 saturated carbocycles. The Hall–Kier alpha value is -0.940. The van der Waals surface area contributed by atoms with Gasteiger partial charge in [0.2, 0.25) is 0 Å². The average Bonchev–Trinajstić information content (AvgIpc) is 2.59. The predicted molar refractivity (Wildman–Crippen MR) is 64.4 cm³/mol. The molecule has 0 atom stereocenters. The van der Waals surface area contributed by atoms with Gasteiger partial charge < -0.3 is 4.57 Å². The minimum absolute atomic E-state index is 0.0259. The number of rotatable bonds is 2. The van der Waals surface area contributed by atoms with Gasteiger partial charge in [-0.2, -0.15) is 0 Å². The Kier molecular flexibility index (Phi) is 3.02. The van der Waals surface area contributed by atoms with E-state index in [4.69, 9.17) is 0 Å². The van der Waals surface area contributed by atoms with Gasteiger partial charge in [0.15, 0.2) is 0 Å². The van der Waals surface area contributed by atoms with Gasteiger partial charge in [-0.05, 0) is 28.9 Å². The zero-order valence-corrected chi connectivity index (χ0v) is 10.5. The molecule has 78 valence electrons. The van der Waals surface area contributed by atoms with Crippen LogP contribution in [0.1, 0.15) is 10.6 Å². The molecule has 2 aromatic rings. The third-order valence-corrected chi connectivity index (χ3v) is 3.72. The quantitative estimate of drug-likeness (QED) is 0.849. The number of nitrogens with zero attached hydrogens (tertiary/aromatic N) is 2. The highest BCUT2D eigenvalue weighted by Gasteiger charge is 2.02. The Bertz CT molecular complexity index is 532. The predicted octanol–water partition coefficient (Wildman–Crippen LogP) is 2.42. The van der Waals surface area contributed by atoms with Gasteiger partial charge in [0, 0.05) is 27.1 Å². The van der Waals surface area contributed by atoms with Crippen molar-refractivity contribution in [2.45, 2.75) is 13.5 Å². The van der Waals surface area contributed by atoms with E-state index in [9.17, 15) is 4.79 Å². The second-order valence-corrected chi connectivity index (χ2v) is 5.09. The number of aryl methyl sites for hydroxylation is 1. The highest BCUT2D eigenvalue weighted by Crippen LogP contribution is 2.19. The average molecular weight is 285 g/mol. The van der Waals surface area contributed by atoms with Crippen molar-refractivity contribution in [3.63, 3.8) is 0 Å². The molecule has 0 radical (unpaired) electrons. The molecule has 0 unspecified atom stereocenters. The van der Waals surface area contributed by atoms with Crippen molar-refractivity contribution in [3.05, 3.63) is 49.2 Å². The van der Waals surface area contributed by atoms with Crippen molar-refractivity contribution in [2.75, 3.05) is 0 Å². The highest BCUT2D eigenvalue weighted by atomic mass is 79.9. The molecule has 2 heterocycles. The van der Waals surface area contributed by atoms with Crippen LogP contribution in [0, 0.1) is 6.92 Å². The zero-order chi connectivity index (χ0) is 10.8. The molecule has 0 fully saturated rings. The summed E-state index contributed by atoms with van der Waals surface area (Å²) in [5.41, 5.74) is 0.509. The van der Waals surface area contributed by atoms with E-state index in [1.807, 2.05) is 11.4 Å². The first kappa shape index (κ1) is 10.6. The molecule has 2 aromatic heterocycles. The molecule has 0 aromatic carbocycles. The van der Waals surface area contributed by atoms with Crippen LogP contribution in [0.3, 0.4) is 0 Å². The Morgan fingerprint density at radius 1 is 1.60 bits per heavy atom. The van der Waals surface area contributed by atoms with Crippen LogP contribution in [-0.2, 0) is 6.54 Å². The second kappa shape index (κ2) is 4.28. The molecule has 0 aliphatic carbocycles. The maximum atomic E-state index is 11.7. The molecular weight excluding hydrogens is 276 g/mol. The Morgan fingerprint density at radius 3 is 3.07 bits per heavy atom. The molecular formula is C10H9BrN2OS. The van der Waals surface area contributed by atoms with Gasteiger partial charge in [-0.1, -0.05) is 0 Å². The normalized spacial score (nSPS) is 10.5. The van der Waals surface area contributed by atoms with Crippen LogP contribution >= 0.6 is 27.3 Å². The molecule has 0 bridgehead atoms. The van der Waals surface area contributed by atoms with Crippen LogP contribution in [-0.4, -0.2) is 9.55 Å². The number of hydrogen-bond acceptors (Lipinski definition) is 3. The Morgan fingerprint density at radius 2 is 2.40 bits per heavy atom. The maximum absolute atomic E-state index is 11.7. The number of aromatic nitrogens is 2. The largest absolute Gasteiger partial charge is 0.307 e. The summed E-state index contributed by atoms with van der Waals surface area (Å²) in [6.45, 7) is 2.33. The molecule has 0 spiro atoms. The molecule has 0 saturated heterocycles. The van der Waals surface area contributed by atoms with Crippen LogP contribution in [0.2, 0.25) is 0 Å². The molecule has 0 aliphatic heterocycles. The fraction of sp³-hybridized carbons (Fsp3) is 0.200. The van der Waals surface area contributed by atoms with Crippen molar-refractivity contribution in [2.24, 2.45) is 0 Å². The SMILES string of the molecule is Cc1nccn(Cc2cc(Br)cs2)c1=O. The zero-order valence-electron chi connectivity index (χ0n) is 8.11. The van der Waals surface area contributed by atoms with Gasteiger partial charge in [0.05, 0.1) is 6.54 Å². The minimum atomic E-state index is -0.0259. The van der Waals surface area contributed by atoms with E-state index in [0.717, 1.165) is 9.35 Å². The smallest absolute Gasteiger partial charge is 0.272 e. The van der Waals surface area contributed by atoms with E-state index in [2.05, 4.69) is 20.9 Å². The third-order valence-electron chi connectivity index (χ3n) is 2.03. The van der Waals surface area contributed by atoms with Gasteiger partial charge >= 0.3 is 0 Å². The lowest BCUT2D eigenvalue weighted by Crippen LogP contribution is -2.22. The Balaban J connectivity index is 2.32. The number of halogens is 1. The summed E-state index contributed by atoms with van der Waals surface area (Å²) in [5, 5.41) is 2.01. The van der Waals surface area contributed by atoms with E-state index < -0.39 is 0 Å². The molecule has 15 heavy (non-hydrogen) atoms. The molecule has 0 aliphatic rings. The van der Waals surface area contributed by atoms with Crippen molar-refractivity contribution in [1.29, 1.82) is 0 Å². The lowest BCUT2D eigenvalue weighted by atomic mass is 10.4. The fourth-order valence-corrected chi connectivity index (χ4v) is 2.73. The Labute approximate surface area is 99.5 Å². The summed E-state index contributed by atoms with van der Waals surface area (Å²) in [5.74, 6) is 0. The molecule has 3 nitrogen and oxygen atoms in total. The monoisotopic (exact) mass is 284 g/mol. The van der Waals surface area contributed by atoms with E-state index in [-0.39, 0.29) is 5.56 Å². The number of hydrogen-bond donors (Lipinski definition) is 0. The lowest BCUT2D eigenvalue weighted by molar-refractivity contribution is 0.746. The van der Waals surface area contributed by atoms with Crippen LogP contribution in [0.4, 0.5) is 0 Å². The summed E-state index contributed by atoms with van der Waals surface area (Å²) < 4.78 is 2.72. The van der Waals surface area contributed by atoms with Crippen molar-refractivity contribution in [1.82, 2.24) is 9.55 Å². The van der Waals surface area contributed by atoms with Crippen LogP contribution in [0.25, 0.3) is 0 Å². The standard InChI is InChI=1S/C10H9BrN2OS/c1-7-10(14)13(3-2-12-7)5-9-4-8(11)6-15-9/h2-4,6H,5H2,1H3. The first-order valence-electron chi connectivity index (χ1n) is 4.42. The van der Waals surface area contributed by atoms with Gasteiger partial charge in [-0.3, -0.25) is 9.78 Å². The first-order valence-corrected chi connectivity index (χ1v) is 6.09. The lowest BCUT2D eigenvalue weighted by Gasteiger charge is -2.03. The van der Waals surface area contributed by atoms with E-state index in [1.165, 1.54) is 0 Å². The minimum Gasteiger partial charge on any atom is -0.307 e. The van der Waals surface area contributed by atoms with Gasteiger partial charge in [0.1, 0.15) is 5.69 Å². The van der Waals surface area contributed by atoms with Crippen LogP contribution in [0.5, 0.6) is 0 Å². The van der Waals surface area contributed by atoms with Crippen molar-refractivity contribution >= 4 is 27.3 Å². The molecule has 0 amide bonds. The first-order chi connectivity index (χ1) is 7.16. The summed E-state index contributed by atoms with van der Waals surface area (Å²) in [6.07, 6.45) is 3.36. The maximum Gasteiger partial charge on any atom is 0.272 e. The summed E-state index contributed by atoms with van der Waals surface area (Å²) in [4.78, 5) is 16.8. The van der Waals surface area contributed by atoms with E-state index in [0.29, 0.717) is 12.2 Å². The van der Waals surface area contributed by atoms with Gasteiger partial charge in [-0.25, -0.2) is 0 Å². The summed E-state index contributed by atoms with van der Waals surface area (Å²) in [6, 6.07) is 2.02. The van der Waals surface area contributed by atoms with E-state index in [1.54, 1.807) is 35.2 Å². The fourth-order valence-electron chi connectivity index (χ4n) is 1.29. The summed E-state index contributed by atoms with van der Waals surface area (Å²) >= 11 is 5.02.